The molecule has 0 bridgehead atoms. The number of carbonyl (C=O) groups excluding carboxylic acids is 2. The average molecular weight is 354 g/mol. The first-order valence-corrected chi connectivity index (χ1v) is 8.89. The first-order valence-electron chi connectivity index (χ1n) is 8.89. The fraction of sp³-hybridized carbons (Fsp3) is 0.444. The molecule has 8 nitrogen and oxygen atoms in total. The maximum Gasteiger partial charge on any atom is 0.272 e. The number of nitrogens with zero attached hydrogens (tertiary/aromatic N) is 5. The maximum atomic E-state index is 12.9. The van der Waals surface area contributed by atoms with Gasteiger partial charge in [0.05, 0.1) is 18.5 Å². The van der Waals surface area contributed by atoms with Gasteiger partial charge in [-0.1, -0.05) is 18.2 Å². The van der Waals surface area contributed by atoms with Crippen LogP contribution < -0.4 is 5.43 Å². The molecule has 0 saturated carbocycles. The quantitative estimate of drug-likeness (QED) is 0.879. The van der Waals surface area contributed by atoms with Gasteiger partial charge in [0.15, 0.2) is 0 Å². The van der Waals surface area contributed by atoms with E-state index in [-0.39, 0.29) is 11.8 Å². The van der Waals surface area contributed by atoms with Crippen molar-refractivity contribution in [2.45, 2.75) is 38.4 Å². The zero-order valence-corrected chi connectivity index (χ0v) is 14.8. The summed E-state index contributed by atoms with van der Waals surface area (Å²) in [5.74, 6) is 0.644. The van der Waals surface area contributed by atoms with Crippen LogP contribution in [-0.2, 0) is 17.9 Å². The van der Waals surface area contributed by atoms with Crippen molar-refractivity contribution in [2.75, 3.05) is 13.1 Å². The fourth-order valence-electron chi connectivity index (χ4n) is 3.91. The van der Waals surface area contributed by atoms with E-state index in [1.54, 1.807) is 23.5 Å². The molecule has 2 aliphatic rings. The van der Waals surface area contributed by atoms with Gasteiger partial charge in [0.1, 0.15) is 12.2 Å². The maximum absolute atomic E-state index is 12.9. The lowest BCUT2D eigenvalue weighted by Gasteiger charge is -2.33. The number of rotatable bonds is 4. The minimum atomic E-state index is -0.499. The minimum absolute atomic E-state index is 0.104. The van der Waals surface area contributed by atoms with Gasteiger partial charge in [0, 0.05) is 25.2 Å². The number of hydrogen-bond acceptors (Lipinski definition) is 5. The van der Waals surface area contributed by atoms with Crippen LogP contribution >= 0.6 is 0 Å². The Morgan fingerprint density at radius 1 is 1.31 bits per heavy atom. The van der Waals surface area contributed by atoms with Crippen LogP contribution in [0, 0.1) is 0 Å². The number of carbonyl (C=O) groups is 2. The molecule has 4 rings (SSSR count). The number of likely N-dealkylation sites (tertiary alicyclic amines) is 1. The van der Waals surface area contributed by atoms with E-state index in [1.165, 1.54) is 0 Å². The second-order valence-electron chi connectivity index (χ2n) is 6.90. The van der Waals surface area contributed by atoms with Crippen LogP contribution in [0.15, 0.2) is 36.7 Å². The van der Waals surface area contributed by atoms with E-state index in [0.29, 0.717) is 25.1 Å². The number of aromatic nitrogens is 3. The molecule has 1 atom stereocenters. The third-order valence-electron chi connectivity index (χ3n) is 5.20. The monoisotopic (exact) mass is 354 g/mol. The summed E-state index contributed by atoms with van der Waals surface area (Å²) in [6.07, 6.45) is 2.66. The Kier molecular flexibility index (Phi) is 4.20. The molecule has 3 heterocycles. The second-order valence-corrected chi connectivity index (χ2v) is 6.90. The van der Waals surface area contributed by atoms with E-state index >= 15 is 0 Å². The summed E-state index contributed by atoms with van der Waals surface area (Å²) in [6, 6.07) is 9.08. The number of benzene rings is 1. The molecular weight excluding hydrogens is 332 g/mol. The van der Waals surface area contributed by atoms with Crippen molar-refractivity contribution in [3.63, 3.8) is 0 Å². The van der Waals surface area contributed by atoms with Crippen LogP contribution in [0.3, 0.4) is 0 Å². The molecular formula is C18H22N6O2. The number of nitrogens with one attached hydrogen (secondary N) is 1. The van der Waals surface area contributed by atoms with Crippen LogP contribution in [0.4, 0.5) is 0 Å². The van der Waals surface area contributed by atoms with Crippen molar-refractivity contribution in [1.82, 2.24) is 30.1 Å². The van der Waals surface area contributed by atoms with Crippen molar-refractivity contribution < 1.29 is 9.59 Å². The van der Waals surface area contributed by atoms with Gasteiger partial charge in [-0.25, -0.2) is 14.7 Å². The molecule has 2 saturated heterocycles. The number of hydrogen-bond donors (Lipinski definition) is 1. The van der Waals surface area contributed by atoms with Crippen LogP contribution in [0.25, 0.3) is 0 Å². The Labute approximate surface area is 151 Å². The molecule has 2 aromatic rings. The predicted molar refractivity (Wildman–Crippen MR) is 93.7 cm³/mol. The summed E-state index contributed by atoms with van der Waals surface area (Å²) in [5, 5.41) is 5.76. The summed E-state index contributed by atoms with van der Waals surface area (Å²) >= 11 is 0. The van der Waals surface area contributed by atoms with Gasteiger partial charge in [-0.3, -0.25) is 19.9 Å². The Bertz CT molecular complexity index is 820. The lowest BCUT2D eigenvalue weighted by molar-refractivity contribution is -0.120. The molecule has 2 aliphatic heterocycles. The van der Waals surface area contributed by atoms with Crippen LogP contribution in [0.2, 0.25) is 0 Å². The zero-order chi connectivity index (χ0) is 18.1. The Hall–Kier alpha value is -2.74. The van der Waals surface area contributed by atoms with E-state index in [4.69, 9.17) is 0 Å². The Morgan fingerprint density at radius 3 is 2.88 bits per heavy atom. The van der Waals surface area contributed by atoms with Crippen molar-refractivity contribution in [3.05, 3.63) is 48.0 Å². The Morgan fingerprint density at radius 2 is 2.12 bits per heavy atom. The van der Waals surface area contributed by atoms with Gasteiger partial charge in [0.2, 0.25) is 5.91 Å². The molecule has 26 heavy (non-hydrogen) atoms. The fourth-order valence-corrected chi connectivity index (χ4v) is 3.91. The topological polar surface area (TPSA) is 83.4 Å². The number of hydrazine groups is 1. The zero-order valence-electron chi connectivity index (χ0n) is 14.8. The molecule has 2 fully saturated rings. The van der Waals surface area contributed by atoms with Gasteiger partial charge >= 0.3 is 0 Å². The molecule has 2 amide bonds. The van der Waals surface area contributed by atoms with Gasteiger partial charge in [-0.2, -0.15) is 5.10 Å². The van der Waals surface area contributed by atoms with E-state index in [2.05, 4.69) is 20.4 Å². The summed E-state index contributed by atoms with van der Waals surface area (Å²) in [6.45, 7) is 4.92. The molecule has 1 unspecified atom stereocenters. The third-order valence-corrected chi connectivity index (χ3v) is 5.20. The van der Waals surface area contributed by atoms with E-state index < -0.39 is 5.54 Å². The normalized spacial score (nSPS) is 23.0. The van der Waals surface area contributed by atoms with Crippen molar-refractivity contribution in [3.8, 4) is 0 Å². The van der Waals surface area contributed by atoms with Gasteiger partial charge in [-0.05, 0) is 25.5 Å². The van der Waals surface area contributed by atoms with Crippen molar-refractivity contribution in [2.24, 2.45) is 0 Å². The van der Waals surface area contributed by atoms with E-state index in [9.17, 15) is 9.59 Å². The molecule has 1 spiro atoms. The number of aryl methyl sites for hydroxylation is 1. The molecule has 136 valence electrons. The highest BCUT2D eigenvalue weighted by Crippen LogP contribution is 2.35. The van der Waals surface area contributed by atoms with Gasteiger partial charge in [0.25, 0.3) is 5.91 Å². The highest BCUT2D eigenvalue weighted by Gasteiger charge is 2.52. The van der Waals surface area contributed by atoms with Crippen molar-refractivity contribution in [1.29, 1.82) is 0 Å². The molecule has 0 aliphatic carbocycles. The molecule has 1 N–H and O–H groups in total. The average Bonchev–Trinajstić information content (AvgIpc) is 3.35. The van der Waals surface area contributed by atoms with Crippen LogP contribution in [-0.4, -0.2) is 55.1 Å². The van der Waals surface area contributed by atoms with Crippen LogP contribution in [0.5, 0.6) is 0 Å². The Balaban J connectivity index is 1.53. The molecule has 1 aromatic carbocycles. The molecule has 8 heteroatoms. The first-order chi connectivity index (χ1) is 12.6. The smallest absolute Gasteiger partial charge is 0.272 e. The minimum Gasteiger partial charge on any atom is -0.293 e. The van der Waals surface area contributed by atoms with Gasteiger partial charge < -0.3 is 0 Å². The van der Waals surface area contributed by atoms with Crippen molar-refractivity contribution >= 4 is 11.8 Å². The van der Waals surface area contributed by atoms with Gasteiger partial charge in [-0.15, -0.1) is 0 Å². The standard InChI is InChI=1S/C18H22N6O2/c1-2-23-15(19-13-20-23)11-22-9-8-18(12-22)10-16(25)21-24(18)17(26)14-6-4-3-5-7-14/h3-7,13H,2,8-12H2,1H3,(H,21,25). The largest absolute Gasteiger partial charge is 0.293 e. The highest BCUT2D eigenvalue weighted by molar-refractivity contribution is 5.98. The first kappa shape index (κ1) is 16.7. The van der Waals surface area contributed by atoms with E-state index in [0.717, 1.165) is 25.3 Å². The second kappa shape index (κ2) is 6.53. The van der Waals surface area contributed by atoms with E-state index in [1.807, 2.05) is 29.8 Å². The summed E-state index contributed by atoms with van der Waals surface area (Å²) < 4.78 is 1.87. The third kappa shape index (κ3) is 2.86. The SMILES string of the molecule is CCn1ncnc1CN1CCC2(CC(=O)NN2C(=O)c2ccccc2)C1. The number of amides is 2. The summed E-state index contributed by atoms with van der Waals surface area (Å²) in [5.41, 5.74) is 2.85. The molecule has 0 radical (unpaired) electrons. The summed E-state index contributed by atoms with van der Waals surface area (Å²) in [7, 11) is 0. The highest BCUT2D eigenvalue weighted by atomic mass is 16.2. The molecule has 1 aromatic heterocycles. The predicted octanol–water partition coefficient (Wildman–Crippen LogP) is 0.820. The van der Waals surface area contributed by atoms with Crippen LogP contribution in [0.1, 0.15) is 35.9 Å². The lowest BCUT2D eigenvalue weighted by Crippen LogP contribution is -2.53. The summed E-state index contributed by atoms with van der Waals surface area (Å²) in [4.78, 5) is 31.6. The lowest BCUT2D eigenvalue weighted by atomic mass is 9.94.